The highest BCUT2D eigenvalue weighted by Gasteiger charge is 2.24. The molecule has 8 nitrogen and oxygen atoms in total. The molecule has 0 saturated heterocycles. The Balaban J connectivity index is 1.72. The van der Waals surface area contributed by atoms with Crippen LogP contribution in [-0.4, -0.2) is 55.0 Å². The smallest absolute Gasteiger partial charge is 0.270 e. The molecule has 0 aliphatic heterocycles. The Morgan fingerprint density at radius 3 is 2.61 bits per heavy atom. The normalized spacial score (nSPS) is 11.4. The van der Waals surface area contributed by atoms with Crippen LogP contribution in [0.3, 0.4) is 0 Å². The van der Waals surface area contributed by atoms with Gasteiger partial charge in [-0.2, -0.15) is 0 Å². The van der Waals surface area contributed by atoms with Gasteiger partial charge in [0.05, 0.1) is 27.1 Å². The van der Waals surface area contributed by atoms with Crippen LogP contribution in [0.15, 0.2) is 42.5 Å². The third kappa shape index (κ3) is 4.36. The Morgan fingerprint density at radius 2 is 1.90 bits per heavy atom. The Hall–Kier alpha value is -3.08. The predicted octanol–water partition coefficient (Wildman–Crippen LogP) is 4.64. The van der Waals surface area contributed by atoms with E-state index in [1.165, 1.54) is 34.8 Å². The van der Waals surface area contributed by atoms with Crippen LogP contribution in [0.1, 0.15) is 9.67 Å². The summed E-state index contributed by atoms with van der Waals surface area (Å²) in [5.74, 6) is 0.566. The van der Waals surface area contributed by atoms with E-state index in [4.69, 9.17) is 4.74 Å². The van der Waals surface area contributed by atoms with Crippen molar-refractivity contribution in [1.29, 1.82) is 0 Å². The van der Waals surface area contributed by atoms with Crippen LogP contribution < -0.4 is 9.64 Å². The maximum absolute atomic E-state index is 13.5. The van der Waals surface area contributed by atoms with E-state index < -0.39 is 4.92 Å². The Labute approximate surface area is 186 Å². The number of nitro groups is 1. The number of benzene rings is 2. The second kappa shape index (κ2) is 8.58. The average molecular weight is 457 g/mol. The third-order valence-corrected chi connectivity index (χ3v) is 6.90. The number of aromatic nitrogens is 1. The van der Waals surface area contributed by atoms with Crippen molar-refractivity contribution in [1.82, 2.24) is 9.88 Å². The van der Waals surface area contributed by atoms with Gasteiger partial charge >= 0.3 is 0 Å². The first kappa shape index (κ1) is 21.2. The number of nitro benzene ring substituents is 1. The highest BCUT2D eigenvalue weighted by atomic mass is 32.1. The zero-order valence-corrected chi connectivity index (χ0v) is 18.8. The van der Waals surface area contributed by atoms with Gasteiger partial charge in [0.2, 0.25) is 0 Å². The summed E-state index contributed by atoms with van der Waals surface area (Å²) in [7, 11) is 5.51. The van der Waals surface area contributed by atoms with Crippen molar-refractivity contribution < 1.29 is 14.5 Å². The minimum Gasteiger partial charge on any atom is -0.497 e. The highest BCUT2D eigenvalue weighted by molar-refractivity contribution is 7.23. The number of methoxy groups -OCH3 is 1. The lowest BCUT2D eigenvalue weighted by molar-refractivity contribution is -0.384. The molecule has 1 amide bonds. The molecule has 0 atom stereocenters. The SMILES string of the molecule is COc1ccc2nc(N(CCN(C)C)C(=O)c3cc4cc([N+](=O)[O-])ccc4s3)sc2c1. The van der Waals surface area contributed by atoms with E-state index in [1.54, 1.807) is 24.1 Å². The molecule has 4 rings (SSSR count). The third-order valence-electron chi connectivity index (χ3n) is 4.75. The second-order valence-electron chi connectivity index (χ2n) is 7.18. The molecule has 2 heterocycles. The van der Waals surface area contributed by atoms with Crippen LogP contribution in [0.25, 0.3) is 20.3 Å². The molecule has 0 fully saturated rings. The fraction of sp³-hybridized carbons (Fsp3) is 0.238. The van der Waals surface area contributed by atoms with Gasteiger partial charge in [-0.15, -0.1) is 11.3 Å². The number of hydrogen-bond acceptors (Lipinski definition) is 8. The summed E-state index contributed by atoms with van der Waals surface area (Å²) in [6, 6.07) is 12.0. The lowest BCUT2D eigenvalue weighted by Crippen LogP contribution is -2.36. The molecule has 0 aliphatic carbocycles. The summed E-state index contributed by atoms with van der Waals surface area (Å²) in [6.07, 6.45) is 0. The van der Waals surface area contributed by atoms with Crippen LogP contribution in [0, 0.1) is 10.1 Å². The lowest BCUT2D eigenvalue weighted by atomic mass is 10.2. The largest absolute Gasteiger partial charge is 0.497 e. The summed E-state index contributed by atoms with van der Waals surface area (Å²) >= 11 is 2.76. The molecule has 10 heteroatoms. The van der Waals surface area contributed by atoms with E-state index in [0.717, 1.165) is 20.7 Å². The van der Waals surface area contributed by atoms with Gasteiger partial charge in [-0.3, -0.25) is 19.8 Å². The number of hydrogen-bond donors (Lipinski definition) is 0. The van der Waals surface area contributed by atoms with Gasteiger partial charge in [-0.05, 0) is 44.4 Å². The summed E-state index contributed by atoms with van der Waals surface area (Å²) in [5.41, 5.74) is 0.810. The second-order valence-corrected chi connectivity index (χ2v) is 9.27. The van der Waals surface area contributed by atoms with Gasteiger partial charge < -0.3 is 9.64 Å². The van der Waals surface area contributed by atoms with E-state index in [9.17, 15) is 14.9 Å². The number of thiazole rings is 1. The van der Waals surface area contributed by atoms with Crippen molar-refractivity contribution in [2.45, 2.75) is 0 Å². The molecular formula is C21H20N4O4S2. The fourth-order valence-electron chi connectivity index (χ4n) is 3.10. The summed E-state index contributed by atoms with van der Waals surface area (Å²) in [5, 5.41) is 12.4. The van der Waals surface area contributed by atoms with Gasteiger partial charge in [0.25, 0.3) is 11.6 Å². The van der Waals surface area contributed by atoms with Gasteiger partial charge in [0.15, 0.2) is 5.13 Å². The molecule has 0 spiro atoms. The van der Waals surface area contributed by atoms with Gasteiger partial charge in [0.1, 0.15) is 5.75 Å². The number of non-ortho nitro benzene ring substituents is 1. The number of thiophene rings is 1. The maximum Gasteiger partial charge on any atom is 0.270 e. The van der Waals surface area contributed by atoms with Crippen LogP contribution in [0.4, 0.5) is 10.8 Å². The van der Waals surface area contributed by atoms with Crippen LogP contribution >= 0.6 is 22.7 Å². The molecule has 160 valence electrons. The Kier molecular flexibility index (Phi) is 5.86. The molecule has 2 aromatic carbocycles. The molecule has 0 bridgehead atoms. The topological polar surface area (TPSA) is 88.8 Å². The lowest BCUT2D eigenvalue weighted by Gasteiger charge is -2.21. The fourth-order valence-corrected chi connectivity index (χ4v) is 5.11. The van der Waals surface area contributed by atoms with Crippen molar-refractivity contribution in [3.05, 3.63) is 57.5 Å². The zero-order chi connectivity index (χ0) is 22.1. The van der Waals surface area contributed by atoms with Gasteiger partial charge in [-0.1, -0.05) is 11.3 Å². The number of likely N-dealkylation sites (N-methyl/N-ethyl adjacent to an activating group) is 1. The number of carbonyl (C=O) groups excluding carboxylic acids is 1. The number of carbonyl (C=O) groups is 1. The van der Waals surface area contributed by atoms with E-state index in [2.05, 4.69) is 4.98 Å². The molecule has 31 heavy (non-hydrogen) atoms. The van der Waals surface area contributed by atoms with Crippen molar-refractivity contribution in [3.63, 3.8) is 0 Å². The van der Waals surface area contributed by atoms with E-state index >= 15 is 0 Å². The van der Waals surface area contributed by atoms with Crippen molar-refractivity contribution in [2.75, 3.05) is 39.2 Å². The summed E-state index contributed by atoms with van der Waals surface area (Å²) in [4.78, 5) is 33.0. The van der Waals surface area contributed by atoms with Crippen molar-refractivity contribution >= 4 is 59.7 Å². The van der Waals surface area contributed by atoms with E-state index in [1.807, 2.05) is 37.2 Å². The standard InChI is InChI=1S/C21H20N4O4S2/c1-23(2)8-9-24(21-22-16-6-5-15(29-3)12-18(16)31-21)20(26)19-11-13-10-14(25(27)28)4-7-17(13)30-19/h4-7,10-12H,8-9H2,1-3H3. The van der Waals surface area contributed by atoms with Gasteiger partial charge in [-0.25, -0.2) is 4.98 Å². The number of ether oxygens (including phenoxy) is 1. The number of anilines is 1. The van der Waals surface area contributed by atoms with Gasteiger partial charge in [0, 0.05) is 35.3 Å². The number of amides is 1. The zero-order valence-electron chi connectivity index (χ0n) is 17.2. The quantitative estimate of drug-likeness (QED) is 0.297. The average Bonchev–Trinajstić information content (AvgIpc) is 3.36. The van der Waals surface area contributed by atoms with Crippen LogP contribution in [0.2, 0.25) is 0 Å². The molecule has 2 aromatic heterocycles. The first-order valence-corrected chi connectivity index (χ1v) is 11.1. The molecule has 0 saturated carbocycles. The summed E-state index contributed by atoms with van der Waals surface area (Å²) < 4.78 is 7.06. The summed E-state index contributed by atoms with van der Waals surface area (Å²) in [6.45, 7) is 1.14. The number of nitrogens with zero attached hydrogens (tertiary/aromatic N) is 4. The molecule has 0 radical (unpaired) electrons. The maximum atomic E-state index is 13.5. The monoisotopic (exact) mass is 456 g/mol. The Morgan fingerprint density at radius 1 is 1.10 bits per heavy atom. The number of fused-ring (bicyclic) bond motifs is 2. The molecule has 4 aromatic rings. The molecule has 0 unspecified atom stereocenters. The minimum absolute atomic E-state index is 0.00823. The van der Waals surface area contributed by atoms with Crippen LogP contribution in [-0.2, 0) is 0 Å². The van der Waals surface area contributed by atoms with Crippen LogP contribution in [0.5, 0.6) is 5.75 Å². The van der Waals surface area contributed by atoms with Crippen molar-refractivity contribution in [3.8, 4) is 5.75 Å². The Bertz CT molecular complexity index is 1280. The molecule has 0 aliphatic rings. The molecular weight excluding hydrogens is 436 g/mol. The van der Waals surface area contributed by atoms with E-state index in [-0.39, 0.29) is 11.6 Å². The number of rotatable bonds is 7. The highest BCUT2D eigenvalue weighted by Crippen LogP contribution is 2.34. The van der Waals surface area contributed by atoms with E-state index in [0.29, 0.717) is 28.5 Å². The first-order valence-electron chi connectivity index (χ1n) is 9.45. The first-order chi connectivity index (χ1) is 14.9. The molecule has 0 N–H and O–H groups in total. The van der Waals surface area contributed by atoms with Crippen molar-refractivity contribution in [2.24, 2.45) is 0 Å². The predicted molar refractivity (Wildman–Crippen MR) is 125 cm³/mol. The minimum atomic E-state index is -0.433.